The molecule has 1 aromatic carbocycles. The van der Waals surface area contributed by atoms with E-state index in [2.05, 4.69) is 5.32 Å². The highest BCUT2D eigenvalue weighted by atomic mass is 19.2. The van der Waals surface area contributed by atoms with Gasteiger partial charge < -0.3 is 10.1 Å². The van der Waals surface area contributed by atoms with Crippen LogP contribution in [0.3, 0.4) is 0 Å². The Hall–Kier alpha value is -1.49. The number of carbonyl (C=O) groups is 1. The van der Waals surface area contributed by atoms with Crippen LogP contribution in [0.2, 0.25) is 0 Å². The topological polar surface area (TPSA) is 38.3 Å². The highest BCUT2D eigenvalue weighted by molar-refractivity contribution is 5.94. The van der Waals surface area contributed by atoms with Gasteiger partial charge in [0.15, 0.2) is 11.6 Å². The Morgan fingerprint density at radius 2 is 2.19 bits per heavy atom. The summed E-state index contributed by atoms with van der Waals surface area (Å²) in [5, 5.41) is 2.43. The number of hydrogen-bond acceptors (Lipinski definition) is 2. The molecule has 0 aliphatic heterocycles. The third-order valence-corrected chi connectivity index (χ3v) is 1.93. The van der Waals surface area contributed by atoms with E-state index >= 15 is 0 Å². The Kier molecular flexibility index (Phi) is 4.85. The number of hydrogen-bond donors (Lipinski definition) is 1. The molecule has 1 rings (SSSR count). The van der Waals surface area contributed by atoms with Gasteiger partial charge in [0.05, 0.1) is 12.2 Å². The minimum absolute atomic E-state index is 0.266. The van der Waals surface area contributed by atoms with Crippen LogP contribution in [0.5, 0.6) is 0 Å². The van der Waals surface area contributed by atoms with Crippen molar-refractivity contribution in [3.63, 3.8) is 0 Å². The lowest BCUT2D eigenvalue weighted by molar-refractivity contribution is 0.0917. The second kappa shape index (κ2) is 6.17. The molecule has 0 aromatic heterocycles. The van der Waals surface area contributed by atoms with Crippen LogP contribution in [-0.2, 0) is 4.74 Å². The fourth-order valence-corrected chi connectivity index (χ4v) is 1.16. The maximum absolute atomic E-state index is 13.2. The first kappa shape index (κ1) is 12.6. The molecule has 0 radical (unpaired) electrons. The third kappa shape index (κ3) is 3.27. The summed E-state index contributed by atoms with van der Waals surface area (Å²) in [5.74, 6) is -2.80. The van der Waals surface area contributed by atoms with Crippen LogP contribution in [0.4, 0.5) is 8.78 Å². The number of ether oxygens (including phenoxy) is 1. The van der Waals surface area contributed by atoms with Crippen LogP contribution in [0.25, 0.3) is 0 Å². The summed E-state index contributed by atoms with van der Waals surface area (Å²) >= 11 is 0. The molecule has 3 nitrogen and oxygen atoms in total. The SMILES string of the molecule is CCOCCNC(=O)c1cccc(F)c1F. The largest absolute Gasteiger partial charge is 0.380 e. The molecule has 0 unspecified atom stereocenters. The molecule has 1 N–H and O–H groups in total. The summed E-state index contributed by atoms with van der Waals surface area (Å²) in [5.41, 5.74) is -0.295. The number of nitrogens with one attached hydrogen (secondary N) is 1. The molecule has 0 aliphatic carbocycles. The Morgan fingerprint density at radius 3 is 2.88 bits per heavy atom. The number of carbonyl (C=O) groups excluding carboxylic acids is 1. The summed E-state index contributed by atoms with van der Waals surface area (Å²) in [6, 6.07) is 3.48. The normalized spacial score (nSPS) is 10.2. The Morgan fingerprint density at radius 1 is 1.44 bits per heavy atom. The average Bonchev–Trinajstić information content (AvgIpc) is 2.28. The van der Waals surface area contributed by atoms with Gasteiger partial charge in [-0.25, -0.2) is 8.78 Å². The van der Waals surface area contributed by atoms with E-state index in [1.165, 1.54) is 12.1 Å². The Balaban J connectivity index is 2.56. The first-order valence-electron chi connectivity index (χ1n) is 4.96. The van der Waals surface area contributed by atoms with Gasteiger partial charge in [-0.2, -0.15) is 0 Å². The predicted molar refractivity (Wildman–Crippen MR) is 55.2 cm³/mol. The highest BCUT2D eigenvalue weighted by Gasteiger charge is 2.13. The van der Waals surface area contributed by atoms with E-state index < -0.39 is 17.5 Å². The molecule has 0 fully saturated rings. The van der Waals surface area contributed by atoms with Gasteiger partial charge in [-0.3, -0.25) is 4.79 Å². The minimum Gasteiger partial charge on any atom is -0.380 e. The molecule has 0 bridgehead atoms. The average molecular weight is 229 g/mol. The van der Waals surface area contributed by atoms with Crippen molar-refractivity contribution in [2.24, 2.45) is 0 Å². The molecule has 1 aromatic rings. The summed E-state index contributed by atoms with van der Waals surface area (Å²) in [6.45, 7) is 2.99. The number of rotatable bonds is 5. The molecular formula is C11H13F2NO2. The van der Waals surface area contributed by atoms with Gasteiger partial charge in [0.2, 0.25) is 0 Å². The van der Waals surface area contributed by atoms with Crippen molar-refractivity contribution in [1.29, 1.82) is 0 Å². The van der Waals surface area contributed by atoms with E-state index in [0.717, 1.165) is 6.07 Å². The molecule has 88 valence electrons. The van der Waals surface area contributed by atoms with Crippen molar-refractivity contribution < 1.29 is 18.3 Å². The summed E-state index contributed by atoms with van der Waals surface area (Å²) in [7, 11) is 0. The zero-order valence-corrected chi connectivity index (χ0v) is 8.93. The lowest BCUT2D eigenvalue weighted by atomic mass is 10.2. The first-order chi connectivity index (χ1) is 7.66. The molecule has 0 heterocycles. The van der Waals surface area contributed by atoms with Gasteiger partial charge in [-0.15, -0.1) is 0 Å². The van der Waals surface area contributed by atoms with Gasteiger partial charge in [0, 0.05) is 13.2 Å². The minimum atomic E-state index is -1.13. The van der Waals surface area contributed by atoms with Gasteiger partial charge in [-0.05, 0) is 19.1 Å². The van der Waals surface area contributed by atoms with Crippen molar-refractivity contribution >= 4 is 5.91 Å². The Bertz CT molecular complexity index is 369. The van der Waals surface area contributed by atoms with Gasteiger partial charge in [0.25, 0.3) is 5.91 Å². The lowest BCUT2D eigenvalue weighted by Crippen LogP contribution is -2.28. The van der Waals surface area contributed by atoms with Gasteiger partial charge in [-0.1, -0.05) is 6.07 Å². The maximum Gasteiger partial charge on any atom is 0.254 e. The zero-order valence-electron chi connectivity index (χ0n) is 8.93. The van der Waals surface area contributed by atoms with Crippen LogP contribution in [-0.4, -0.2) is 25.7 Å². The van der Waals surface area contributed by atoms with Crippen LogP contribution in [0.15, 0.2) is 18.2 Å². The van der Waals surface area contributed by atoms with E-state index in [4.69, 9.17) is 4.74 Å². The van der Waals surface area contributed by atoms with Crippen LogP contribution in [0.1, 0.15) is 17.3 Å². The molecule has 0 atom stereocenters. The second-order valence-corrected chi connectivity index (χ2v) is 3.05. The summed E-state index contributed by atoms with van der Waals surface area (Å²) < 4.78 is 31.0. The van der Waals surface area contributed by atoms with Crippen molar-refractivity contribution in [1.82, 2.24) is 5.32 Å². The lowest BCUT2D eigenvalue weighted by Gasteiger charge is -2.06. The van der Waals surface area contributed by atoms with Crippen LogP contribution < -0.4 is 5.32 Å². The van der Waals surface area contributed by atoms with Crippen molar-refractivity contribution in [3.8, 4) is 0 Å². The fraction of sp³-hybridized carbons (Fsp3) is 0.364. The predicted octanol–water partition coefficient (Wildman–Crippen LogP) is 1.73. The summed E-state index contributed by atoms with van der Waals surface area (Å²) in [4.78, 5) is 11.4. The van der Waals surface area contributed by atoms with E-state index in [1.807, 2.05) is 6.92 Å². The van der Waals surface area contributed by atoms with Crippen molar-refractivity contribution in [2.45, 2.75) is 6.92 Å². The smallest absolute Gasteiger partial charge is 0.254 e. The second-order valence-electron chi connectivity index (χ2n) is 3.05. The van der Waals surface area contributed by atoms with E-state index in [9.17, 15) is 13.6 Å². The third-order valence-electron chi connectivity index (χ3n) is 1.93. The first-order valence-corrected chi connectivity index (χ1v) is 4.96. The maximum atomic E-state index is 13.2. The Labute approximate surface area is 92.4 Å². The number of benzene rings is 1. The monoisotopic (exact) mass is 229 g/mol. The number of halogens is 2. The molecule has 0 aliphatic rings. The molecular weight excluding hydrogens is 216 g/mol. The molecule has 1 amide bonds. The molecule has 5 heteroatoms. The van der Waals surface area contributed by atoms with E-state index in [-0.39, 0.29) is 12.1 Å². The standard InChI is InChI=1S/C11H13F2NO2/c1-2-16-7-6-14-11(15)8-4-3-5-9(12)10(8)13/h3-5H,2,6-7H2,1H3,(H,14,15). The zero-order chi connectivity index (χ0) is 12.0. The van der Waals surface area contributed by atoms with E-state index in [0.29, 0.717) is 13.2 Å². The van der Waals surface area contributed by atoms with E-state index in [1.54, 1.807) is 0 Å². The molecule has 0 spiro atoms. The number of amides is 1. The van der Waals surface area contributed by atoms with Crippen molar-refractivity contribution in [2.75, 3.05) is 19.8 Å². The van der Waals surface area contributed by atoms with Gasteiger partial charge in [0.1, 0.15) is 0 Å². The van der Waals surface area contributed by atoms with Crippen LogP contribution in [0, 0.1) is 11.6 Å². The fourth-order valence-electron chi connectivity index (χ4n) is 1.16. The highest BCUT2D eigenvalue weighted by Crippen LogP contribution is 2.10. The molecule has 0 saturated heterocycles. The summed E-state index contributed by atoms with van der Waals surface area (Å²) in [6.07, 6.45) is 0. The quantitative estimate of drug-likeness (QED) is 0.781. The molecule has 0 saturated carbocycles. The molecule has 16 heavy (non-hydrogen) atoms. The van der Waals surface area contributed by atoms with Crippen LogP contribution >= 0.6 is 0 Å². The van der Waals surface area contributed by atoms with Crippen molar-refractivity contribution in [3.05, 3.63) is 35.4 Å². The van der Waals surface area contributed by atoms with Gasteiger partial charge >= 0.3 is 0 Å².